The minimum atomic E-state index is -0.225. The summed E-state index contributed by atoms with van der Waals surface area (Å²) in [6.45, 7) is 0. The van der Waals surface area contributed by atoms with Crippen LogP contribution in [0.1, 0.15) is 10.4 Å². The normalized spacial score (nSPS) is 10.0. The summed E-state index contributed by atoms with van der Waals surface area (Å²) < 4.78 is 0. The molecule has 2 rings (SSSR count). The van der Waals surface area contributed by atoms with E-state index in [4.69, 9.17) is 5.84 Å². The maximum atomic E-state index is 12.2. The molecule has 0 atom stereocenters. The van der Waals surface area contributed by atoms with Crippen molar-refractivity contribution in [3.8, 4) is 0 Å². The zero-order valence-electron chi connectivity index (χ0n) is 10.4. The van der Waals surface area contributed by atoms with Crippen LogP contribution in [0.2, 0.25) is 0 Å². The Kier molecular flexibility index (Phi) is 4.38. The predicted octanol–water partition coefficient (Wildman–Crippen LogP) is 2.34. The quantitative estimate of drug-likeness (QED) is 0.453. The SMILES string of the molecule is CSc1ccccc1NC(=O)c1ccncc1NN. The van der Waals surface area contributed by atoms with Crippen molar-refractivity contribution in [3.63, 3.8) is 0 Å². The van der Waals surface area contributed by atoms with Gasteiger partial charge in [-0.15, -0.1) is 11.8 Å². The van der Waals surface area contributed by atoms with E-state index in [2.05, 4.69) is 15.7 Å². The summed E-state index contributed by atoms with van der Waals surface area (Å²) in [4.78, 5) is 17.1. The average Bonchev–Trinajstić information content (AvgIpc) is 2.47. The number of amides is 1. The van der Waals surface area contributed by atoms with Gasteiger partial charge in [-0.25, -0.2) is 0 Å². The van der Waals surface area contributed by atoms with Gasteiger partial charge in [-0.1, -0.05) is 12.1 Å². The average molecular weight is 274 g/mol. The van der Waals surface area contributed by atoms with Gasteiger partial charge in [0, 0.05) is 11.1 Å². The molecule has 0 aliphatic heterocycles. The number of hydrogen-bond acceptors (Lipinski definition) is 5. The molecule has 1 aromatic carbocycles. The first-order chi connectivity index (χ1) is 9.26. The lowest BCUT2D eigenvalue weighted by atomic mass is 10.2. The molecule has 0 saturated carbocycles. The Morgan fingerprint density at radius 2 is 2.05 bits per heavy atom. The molecule has 1 aromatic heterocycles. The lowest BCUT2D eigenvalue weighted by Crippen LogP contribution is -2.17. The highest BCUT2D eigenvalue weighted by molar-refractivity contribution is 7.98. The fourth-order valence-corrected chi connectivity index (χ4v) is 2.20. The standard InChI is InChI=1S/C13H14N4OS/c1-19-12-5-3-2-4-10(12)16-13(18)9-6-7-15-8-11(9)17-14/h2-8,17H,14H2,1H3,(H,16,18). The summed E-state index contributed by atoms with van der Waals surface area (Å²) in [5.74, 6) is 5.14. The van der Waals surface area contributed by atoms with E-state index in [0.29, 0.717) is 11.3 Å². The number of pyridine rings is 1. The number of nitrogens with two attached hydrogens (primary N) is 1. The van der Waals surface area contributed by atoms with E-state index >= 15 is 0 Å². The van der Waals surface area contributed by atoms with Gasteiger partial charge in [-0.05, 0) is 24.5 Å². The summed E-state index contributed by atoms with van der Waals surface area (Å²) in [5, 5.41) is 2.87. The molecule has 0 fully saturated rings. The molecule has 2 aromatic rings. The molecule has 6 heteroatoms. The van der Waals surface area contributed by atoms with Crippen LogP contribution in [0.5, 0.6) is 0 Å². The second kappa shape index (κ2) is 6.21. The van der Waals surface area contributed by atoms with Gasteiger partial charge in [-0.2, -0.15) is 0 Å². The zero-order chi connectivity index (χ0) is 13.7. The van der Waals surface area contributed by atoms with Crippen molar-refractivity contribution >= 4 is 29.0 Å². The maximum Gasteiger partial charge on any atom is 0.257 e. The molecule has 0 aliphatic rings. The highest BCUT2D eigenvalue weighted by atomic mass is 32.2. The maximum absolute atomic E-state index is 12.2. The minimum Gasteiger partial charge on any atom is -0.322 e. The van der Waals surface area contributed by atoms with E-state index in [-0.39, 0.29) is 5.91 Å². The molecule has 0 spiro atoms. The highest BCUT2D eigenvalue weighted by Gasteiger charge is 2.12. The second-order valence-corrected chi connectivity index (χ2v) is 4.57. The number of carbonyl (C=O) groups is 1. The number of aromatic nitrogens is 1. The molecule has 0 aliphatic carbocycles. The Balaban J connectivity index is 2.26. The molecule has 5 nitrogen and oxygen atoms in total. The molecule has 19 heavy (non-hydrogen) atoms. The van der Waals surface area contributed by atoms with Crippen molar-refractivity contribution in [2.75, 3.05) is 17.0 Å². The third-order valence-corrected chi connectivity index (χ3v) is 3.37. The van der Waals surface area contributed by atoms with E-state index in [1.165, 1.54) is 6.20 Å². The number of benzene rings is 1. The van der Waals surface area contributed by atoms with E-state index in [1.54, 1.807) is 24.0 Å². The lowest BCUT2D eigenvalue weighted by Gasteiger charge is -2.11. The second-order valence-electron chi connectivity index (χ2n) is 3.72. The highest BCUT2D eigenvalue weighted by Crippen LogP contribution is 2.25. The Morgan fingerprint density at radius 3 is 2.79 bits per heavy atom. The Morgan fingerprint density at radius 1 is 1.26 bits per heavy atom. The first-order valence-electron chi connectivity index (χ1n) is 5.61. The Hall–Kier alpha value is -2.05. The van der Waals surface area contributed by atoms with Crippen molar-refractivity contribution in [1.82, 2.24) is 4.98 Å². The van der Waals surface area contributed by atoms with E-state index in [9.17, 15) is 4.79 Å². The van der Waals surface area contributed by atoms with Gasteiger partial charge in [0.15, 0.2) is 0 Å². The molecule has 0 saturated heterocycles. The van der Waals surface area contributed by atoms with Gasteiger partial charge in [0.25, 0.3) is 5.91 Å². The van der Waals surface area contributed by atoms with Crippen molar-refractivity contribution in [3.05, 3.63) is 48.3 Å². The third-order valence-electron chi connectivity index (χ3n) is 2.58. The molecule has 0 bridgehead atoms. The molecule has 1 amide bonds. The summed E-state index contributed by atoms with van der Waals surface area (Å²) in [6.07, 6.45) is 5.02. The van der Waals surface area contributed by atoms with Crippen LogP contribution < -0.4 is 16.6 Å². The van der Waals surface area contributed by atoms with Crippen LogP contribution in [-0.2, 0) is 0 Å². The van der Waals surface area contributed by atoms with Gasteiger partial charge in [0.05, 0.1) is 23.1 Å². The molecule has 0 radical (unpaired) electrons. The van der Waals surface area contributed by atoms with Crippen molar-refractivity contribution in [1.29, 1.82) is 0 Å². The number of anilines is 2. The molecule has 4 N–H and O–H groups in total. The Labute approximate surface area is 115 Å². The van der Waals surface area contributed by atoms with Crippen LogP contribution in [-0.4, -0.2) is 17.1 Å². The van der Waals surface area contributed by atoms with Gasteiger partial charge in [0.1, 0.15) is 0 Å². The van der Waals surface area contributed by atoms with Crippen molar-refractivity contribution < 1.29 is 4.79 Å². The number of thioether (sulfide) groups is 1. The largest absolute Gasteiger partial charge is 0.322 e. The van der Waals surface area contributed by atoms with Crippen LogP contribution in [0.3, 0.4) is 0 Å². The molecule has 98 valence electrons. The zero-order valence-corrected chi connectivity index (χ0v) is 11.2. The van der Waals surface area contributed by atoms with E-state index < -0.39 is 0 Å². The van der Waals surface area contributed by atoms with Crippen LogP contribution >= 0.6 is 11.8 Å². The topological polar surface area (TPSA) is 80.0 Å². The van der Waals surface area contributed by atoms with Crippen LogP contribution in [0, 0.1) is 0 Å². The monoisotopic (exact) mass is 274 g/mol. The summed E-state index contributed by atoms with van der Waals surface area (Å²) in [6, 6.07) is 9.24. The number of hydrazine groups is 1. The van der Waals surface area contributed by atoms with Crippen LogP contribution in [0.25, 0.3) is 0 Å². The van der Waals surface area contributed by atoms with Crippen molar-refractivity contribution in [2.24, 2.45) is 5.84 Å². The number of nitrogens with one attached hydrogen (secondary N) is 2. The number of hydrogen-bond donors (Lipinski definition) is 3. The first-order valence-corrected chi connectivity index (χ1v) is 6.83. The first kappa shape index (κ1) is 13.4. The number of nitrogens with zero attached hydrogens (tertiary/aromatic N) is 1. The van der Waals surface area contributed by atoms with Crippen LogP contribution in [0.15, 0.2) is 47.6 Å². The molecule has 1 heterocycles. The lowest BCUT2D eigenvalue weighted by molar-refractivity contribution is 0.102. The number of carbonyl (C=O) groups excluding carboxylic acids is 1. The van der Waals surface area contributed by atoms with Gasteiger partial charge >= 0.3 is 0 Å². The summed E-state index contributed by atoms with van der Waals surface area (Å²) in [7, 11) is 0. The van der Waals surface area contributed by atoms with Crippen molar-refractivity contribution in [2.45, 2.75) is 4.90 Å². The van der Waals surface area contributed by atoms with Crippen LogP contribution in [0.4, 0.5) is 11.4 Å². The number of nitrogen functional groups attached to an aromatic ring is 1. The smallest absolute Gasteiger partial charge is 0.257 e. The molecular weight excluding hydrogens is 260 g/mol. The van der Waals surface area contributed by atoms with Gasteiger partial charge in [-0.3, -0.25) is 15.6 Å². The third kappa shape index (κ3) is 3.04. The fourth-order valence-electron chi connectivity index (χ4n) is 1.65. The summed E-state index contributed by atoms with van der Waals surface area (Å²) in [5.41, 5.74) is 4.18. The van der Waals surface area contributed by atoms with E-state index in [1.807, 2.05) is 30.5 Å². The minimum absolute atomic E-state index is 0.225. The van der Waals surface area contributed by atoms with E-state index in [0.717, 1.165) is 10.6 Å². The van der Waals surface area contributed by atoms with Gasteiger partial charge in [0.2, 0.25) is 0 Å². The number of para-hydroxylation sites is 1. The fraction of sp³-hybridized carbons (Fsp3) is 0.0769. The number of rotatable bonds is 4. The molecular formula is C13H14N4OS. The predicted molar refractivity (Wildman–Crippen MR) is 78.2 cm³/mol. The molecule has 0 unspecified atom stereocenters. The van der Waals surface area contributed by atoms with Gasteiger partial charge < -0.3 is 10.7 Å². The summed E-state index contributed by atoms with van der Waals surface area (Å²) >= 11 is 1.58. The Bertz CT molecular complexity index is 588.